The van der Waals surface area contributed by atoms with Crippen LogP contribution < -0.4 is 5.32 Å². The van der Waals surface area contributed by atoms with Crippen LogP contribution in [0.3, 0.4) is 0 Å². The molecule has 1 saturated heterocycles. The number of nitrogens with one attached hydrogen (secondary N) is 1. The molecule has 0 radical (unpaired) electrons. The molecule has 0 aliphatic carbocycles. The highest BCUT2D eigenvalue weighted by Gasteiger charge is 2.26. The van der Waals surface area contributed by atoms with Gasteiger partial charge in [-0.2, -0.15) is 9.67 Å². The standard InChI is InChI=1S/C14H15ClN8O.ClH/c1-22-5-4-16-7-12(22)13-18-14(24-19-13)10-6-9(15)2-3-11(10)23-8-17-20-21-23;/h2-3,6,8,12,16H,4-5,7H2,1H3;1H. The summed E-state index contributed by atoms with van der Waals surface area (Å²) in [6.45, 7) is 2.67. The second-order valence-corrected chi connectivity index (χ2v) is 6.01. The molecule has 0 spiro atoms. The summed E-state index contributed by atoms with van der Waals surface area (Å²) in [7, 11) is 2.05. The first kappa shape index (κ1) is 17.7. The predicted molar refractivity (Wildman–Crippen MR) is 92.9 cm³/mol. The van der Waals surface area contributed by atoms with E-state index in [2.05, 4.69) is 35.9 Å². The molecule has 132 valence electrons. The minimum Gasteiger partial charge on any atom is -0.334 e. The van der Waals surface area contributed by atoms with Gasteiger partial charge in [-0.15, -0.1) is 17.5 Å². The molecular weight excluding hydrogens is 367 g/mol. The van der Waals surface area contributed by atoms with Crippen LogP contribution in [0.4, 0.5) is 0 Å². The number of halogens is 2. The van der Waals surface area contributed by atoms with E-state index in [-0.39, 0.29) is 18.4 Å². The molecule has 0 amide bonds. The van der Waals surface area contributed by atoms with Gasteiger partial charge in [0.1, 0.15) is 6.33 Å². The minimum atomic E-state index is 0. The number of piperazine rings is 1. The molecule has 0 bridgehead atoms. The first-order valence-corrected chi connectivity index (χ1v) is 7.88. The summed E-state index contributed by atoms with van der Waals surface area (Å²) in [5.41, 5.74) is 1.40. The normalized spacial score (nSPS) is 18.1. The molecule has 9 nitrogen and oxygen atoms in total. The molecule has 25 heavy (non-hydrogen) atoms. The van der Waals surface area contributed by atoms with Crippen LogP contribution in [-0.2, 0) is 0 Å². The second-order valence-electron chi connectivity index (χ2n) is 5.57. The predicted octanol–water partition coefficient (Wildman–Crippen LogP) is 1.36. The Hall–Kier alpha value is -2.07. The summed E-state index contributed by atoms with van der Waals surface area (Å²) in [5, 5.41) is 19.3. The van der Waals surface area contributed by atoms with Gasteiger partial charge in [0.2, 0.25) is 0 Å². The number of aromatic nitrogens is 6. The van der Waals surface area contributed by atoms with Crippen molar-refractivity contribution in [3.8, 4) is 17.1 Å². The van der Waals surface area contributed by atoms with E-state index >= 15 is 0 Å². The quantitative estimate of drug-likeness (QED) is 0.724. The summed E-state index contributed by atoms with van der Waals surface area (Å²) < 4.78 is 7.02. The largest absolute Gasteiger partial charge is 0.334 e. The Balaban J connectivity index is 0.00000182. The van der Waals surface area contributed by atoms with Crippen LogP contribution in [0.2, 0.25) is 5.02 Å². The molecular formula is C14H16Cl2N8O. The molecule has 1 aliphatic heterocycles. The van der Waals surface area contributed by atoms with Crippen molar-refractivity contribution >= 4 is 24.0 Å². The van der Waals surface area contributed by atoms with E-state index < -0.39 is 0 Å². The summed E-state index contributed by atoms with van der Waals surface area (Å²) in [6, 6.07) is 5.41. The fourth-order valence-electron chi connectivity index (χ4n) is 2.72. The number of likely N-dealkylation sites (N-methyl/N-ethyl adjacent to an activating group) is 1. The van der Waals surface area contributed by atoms with E-state index in [9.17, 15) is 0 Å². The smallest absolute Gasteiger partial charge is 0.260 e. The molecule has 3 aromatic rings. The van der Waals surface area contributed by atoms with Gasteiger partial charge in [0.25, 0.3) is 5.89 Å². The van der Waals surface area contributed by atoms with Crippen molar-refractivity contribution in [1.82, 2.24) is 40.6 Å². The van der Waals surface area contributed by atoms with Crippen LogP contribution in [0.25, 0.3) is 17.1 Å². The Kier molecular flexibility index (Phi) is 5.28. The number of tetrazole rings is 1. The molecule has 0 saturated carbocycles. The Morgan fingerprint density at radius 2 is 2.24 bits per heavy atom. The van der Waals surface area contributed by atoms with E-state index in [4.69, 9.17) is 16.1 Å². The van der Waals surface area contributed by atoms with Crippen molar-refractivity contribution in [3.63, 3.8) is 0 Å². The fraction of sp³-hybridized carbons (Fsp3) is 0.357. The third kappa shape index (κ3) is 3.49. The zero-order valence-electron chi connectivity index (χ0n) is 13.3. The maximum Gasteiger partial charge on any atom is 0.260 e. The SMILES string of the molecule is CN1CCNCC1c1noc(-c2cc(Cl)ccc2-n2cnnn2)n1.Cl. The Morgan fingerprint density at radius 1 is 1.36 bits per heavy atom. The fourth-order valence-corrected chi connectivity index (χ4v) is 2.90. The minimum absolute atomic E-state index is 0. The maximum absolute atomic E-state index is 6.14. The Bertz CT molecular complexity index is 837. The van der Waals surface area contributed by atoms with Crippen molar-refractivity contribution in [2.45, 2.75) is 6.04 Å². The highest BCUT2D eigenvalue weighted by atomic mass is 35.5. The Labute approximate surface area is 154 Å². The van der Waals surface area contributed by atoms with Gasteiger partial charge >= 0.3 is 0 Å². The van der Waals surface area contributed by atoms with Crippen LogP contribution in [0.15, 0.2) is 29.0 Å². The van der Waals surface area contributed by atoms with E-state index in [0.717, 1.165) is 25.3 Å². The lowest BCUT2D eigenvalue weighted by Crippen LogP contribution is -2.44. The number of rotatable bonds is 3. The van der Waals surface area contributed by atoms with E-state index in [0.29, 0.717) is 22.3 Å². The van der Waals surface area contributed by atoms with Crippen LogP contribution in [0, 0.1) is 0 Å². The van der Waals surface area contributed by atoms with Crippen molar-refractivity contribution < 1.29 is 4.52 Å². The van der Waals surface area contributed by atoms with Gasteiger partial charge in [-0.1, -0.05) is 16.8 Å². The van der Waals surface area contributed by atoms with Crippen molar-refractivity contribution in [3.05, 3.63) is 35.4 Å². The first-order valence-electron chi connectivity index (χ1n) is 7.50. The molecule has 11 heteroatoms. The lowest BCUT2D eigenvalue weighted by molar-refractivity contribution is 0.190. The van der Waals surface area contributed by atoms with Gasteiger partial charge in [-0.05, 0) is 35.7 Å². The number of nitrogens with zero attached hydrogens (tertiary/aromatic N) is 7. The van der Waals surface area contributed by atoms with E-state index in [1.165, 1.54) is 11.0 Å². The van der Waals surface area contributed by atoms with Gasteiger partial charge in [0, 0.05) is 24.7 Å². The molecule has 1 unspecified atom stereocenters. The Morgan fingerprint density at radius 3 is 3.00 bits per heavy atom. The molecule has 3 heterocycles. The average Bonchev–Trinajstić information content (AvgIpc) is 3.27. The zero-order valence-corrected chi connectivity index (χ0v) is 14.9. The molecule has 1 aliphatic rings. The summed E-state index contributed by atoms with van der Waals surface area (Å²) in [5.74, 6) is 1.03. The zero-order chi connectivity index (χ0) is 16.5. The van der Waals surface area contributed by atoms with Crippen molar-refractivity contribution in [1.29, 1.82) is 0 Å². The number of hydrogen-bond donors (Lipinski definition) is 1. The summed E-state index contributed by atoms with van der Waals surface area (Å²) >= 11 is 6.14. The van der Waals surface area contributed by atoms with Crippen LogP contribution in [0.5, 0.6) is 0 Å². The lowest BCUT2D eigenvalue weighted by Gasteiger charge is -2.30. The molecule has 1 atom stereocenters. The molecule has 4 rings (SSSR count). The molecule has 1 fully saturated rings. The van der Waals surface area contributed by atoms with Crippen molar-refractivity contribution in [2.75, 3.05) is 26.7 Å². The van der Waals surface area contributed by atoms with E-state index in [1.54, 1.807) is 12.1 Å². The summed E-state index contributed by atoms with van der Waals surface area (Å²) in [6.07, 6.45) is 1.50. The monoisotopic (exact) mass is 382 g/mol. The van der Waals surface area contributed by atoms with Gasteiger partial charge in [0.15, 0.2) is 5.82 Å². The highest BCUT2D eigenvalue weighted by Crippen LogP contribution is 2.29. The topological polar surface area (TPSA) is 97.8 Å². The maximum atomic E-state index is 6.14. The van der Waals surface area contributed by atoms with Crippen molar-refractivity contribution in [2.24, 2.45) is 0 Å². The van der Waals surface area contributed by atoms with E-state index in [1.807, 2.05) is 13.1 Å². The number of hydrogen-bond acceptors (Lipinski definition) is 8. The van der Waals surface area contributed by atoms with Crippen LogP contribution >= 0.6 is 24.0 Å². The second kappa shape index (κ2) is 7.44. The summed E-state index contributed by atoms with van der Waals surface area (Å²) in [4.78, 5) is 6.77. The highest BCUT2D eigenvalue weighted by molar-refractivity contribution is 6.31. The first-order chi connectivity index (χ1) is 11.7. The van der Waals surface area contributed by atoms with Gasteiger partial charge in [-0.25, -0.2) is 0 Å². The average molecular weight is 383 g/mol. The molecule has 1 N–H and O–H groups in total. The third-order valence-corrected chi connectivity index (χ3v) is 4.27. The van der Waals surface area contributed by atoms with Crippen LogP contribution in [-0.4, -0.2) is 61.9 Å². The van der Waals surface area contributed by atoms with Gasteiger partial charge < -0.3 is 9.84 Å². The third-order valence-electron chi connectivity index (χ3n) is 4.04. The van der Waals surface area contributed by atoms with Gasteiger partial charge in [0.05, 0.1) is 17.3 Å². The lowest BCUT2D eigenvalue weighted by atomic mass is 10.1. The van der Waals surface area contributed by atoms with Crippen LogP contribution in [0.1, 0.15) is 11.9 Å². The molecule has 1 aromatic carbocycles. The molecule has 2 aromatic heterocycles. The van der Waals surface area contributed by atoms with Gasteiger partial charge in [-0.3, -0.25) is 4.90 Å². The number of benzene rings is 1.